The summed E-state index contributed by atoms with van der Waals surface area (Å²) in [7, 11) is 0. The maximum absolute atomic E-state index is 12.0. The van der Waals surface area contributed by atoms with Gasteiger partial charge in [-0.3, -0.25) is 4.79 Å². The van der Waals surface area contributed by atoms with Crippen LogP contribution in [0, 0.1) is 0 Å². The number of hydrogen-bond acceptors (Lipinski definition) is 1. The molecule has 0 spiro atoms. The van der Waals surface area contributed by atoms with Crippen molar-refractivity contribution in [2.75, 3.05) is 0 Å². The van der Waals surface area contributed by atoms with Crippen LogP contribution in [0.2, 0.25) is 0 Å². The van der Waals surface area contributed by atoms with Crippen molar-refractivity contribution in [3.63, 3.8) is 0 Å². The summed E-state index contributed by atoms with van der Waals surface area (Å²) in [5.41, 5.74) is 6.24. The van der Waals surface area contributed by atoms with Gasteiger partial charge < -0.3 is 0 Å². The van der Waals surface area contributed by atoms with Gasteiger partial charge in [0.15, 0.2) is 5.78 Å². The second-order valence-corrected chi connectivity index (χ2v) is 4.87. The zero-order valence-corrected chi connectivity index (χ0v) is 9.44. The molecule has 0 fully saturated rings. The molecule has 1 heteroatoms. The van der Waals surface area contributed by atoms with Gasteiger partial charge in [-0.2, -0.15) is 0 Å². The standard InChI is InChI=1S/C16H12O/c17-15-9-8-13-11-5-2-1-4-10(11)12-6-3-7-14(15)16(12)13/h1-7,13H,8-9H2/t13-/m1/s1. The molecule has 0 aliphatic heterocycles. The third-order valence-electron chi connectivity index (χ3n) is 4.04. The Bertz CT molecular complexity index is 640. The monoisotopic (exact) mass is 220 g/mol. The minimum Gasteiger partial charge on any atom is -0.294 e. The topological polar surface area (TPSA) is 17.1 Å². The number of benzene rings is 2. The van der Waals surface area contributed by atoms with Crippen molar-refractivity contribution in [1.82, 2.24) is 0 Å². The SMILES string of the molecule is O=C1CC[C@@H]2c3ccccc3-c3cccc1c32. The Balaban J connectivity index is 2.11. The van der Waals surface area contributed by atoms with Gasteiger partial charge in [-0.1, -0.05) is 42.5 Å². The third-order valence-corrected chi connectivity index (χ3v) is 4.04. The lowest BCUT2D eigenvalue weighted by molar-refractivity contribution is 0.0970. The van der Waals surface area contributed by atoms with E-state index >= 15 is 0 Å². The van der Waals surface area contributed by atoms with Crippen LogP contribution in [0.3, 0.4) is 0 Å². The molecule has 0 N–H and O–H groups in total. The molecule has 0 heterocycles. The average Bonchev–Trinajstić information content (AvgIpc) is 2.70. The molecule has 0 saturated carbocycles. The Morgan fingerprint density at radius 2 is 1.65 bits per heavy atom. The van der Waals surface area contributed by atoms with Gasteiger partial charge in [0.05, 0.1) is 0 Å². The molecule has 1 nitrogen and oxygen atoms in total. The van der Waals surface area contributed by atoms with Crippen molar-refractivity contribution in [3.8, 4) is 11.1 Å². The summed E-state index contributed by atoms with van der Waals surface area (Å²) >= 11 is 0. The van der Waals surface area contributed by atoms with Crippen LogP contribution in [0.25, 0.3) is 11.1 Å². The summed E-state index contributed by atoms with van der Waals surface area (Å²) in [5.74, 6) is 0.765. The van der Waals surface area contributed by atoms with Crippen LogP contribution in [0.5, 0.6) is 0 Å². The quantitative estimate of drug-likeness (QED) is 0.660. The van der Waals surface area contributed by atoms with Crippen molar-refractivity contribution < 1.29 is 4.79 Å². The summed E-state index contributed by atoms with van der Waals surface area (Å²) in [6, 6.07) is 14.7. The van der Waals surface area contributed by atoms with Crippen molar-refractivity contribution in [1.29, 1.82) is 0 Å². The van der Waals surface area contributed by atoms with Gasteiger partial charge in [-0.25, -0.2) is 0 Å². The van der Waals surface area contributed by atoms with Crippen LogP contribution in [0.4, 0.5) is 0 Å². The van der Waals surface area contributed by atoms with Crippen molar-refractivity contribution in [3.05, 3.63) is 59.2 Å². The van der Waals surface area contributed by atoms with Crippen LogP contribution >= 0.6 is 0 Å². The first-order chi connectivity index (χ1) is 8.36. The maximum Gasteiger partial charge on any atom is 0.163 e. The Morgan fingerprint density at radius 1 is 0.882 bits per heavy atom. The summed E-state index contributed by atoms with van der Waals surface area (Å²) in [5, 5.41) is 0. The predicted molar refractivity (Wildman–Crippen MR) is 67.3 cm³/mol. The van der Waals surface area contributed by atoms with Gasteiger partial charge in [0.2, 0.25) is 0 Å². The van der Waals surface area contributed by atoms with E-state index in [9.17, 15) is 4.79 Å². The van der Waals surface area contributed by atoms with E-state index in [0.717, 1.165) is 12.0 Å². The first kappa shape index (κ1) is 9.17. The molecule has 4 rings (SSSR count). The van der Waals surface area contributed by atoms with Gasteiger partial charge in [-0.05, 0) is 28.7 Å². The van der Waals surface area contributed by atoms with Gasteiger partial charge >= 0.3 is 0 Å². The van der Waals surface area contributed by atoms with Gasteiger partial charge in [0, 0.05) is 17.9 Å². The number of rotatable bonds is 0. The number of carbonyl (C=O) groups is 1. The highest BCUT2D eigenvalue weighted by molar-refractivity contribution is 6.02. The number of ketones is 1. The fourth-order valence-corrected chi connectivity index (χ4v) is 3.33. The maximum atomic E-state index is 12.0. The van der Waals surface area contributed by atoms with Gasteiger partial charge in [0.1, 0.15) is 0 Å². The largest absolute Gasteiger partial charge is 0.294 e. The molecule has 1 atom stereocenters. The highest BCUT2D eigenvalue weighted by Crippen LogP contribution is 2.50. The van der Waals surface area contributed by atoms with Crippen LogP contribution < -0.4 is 0 Å². The molecule has 0 aromatic heterocycles. The minimum absolute atomic E-state index is 0.311. The second-order valence-electron chi connectivity index (χ2n) is 4.87. The molecule has 2 aliphatic rings. The predicted octanol–water partition coefficient (Wildman–Crippen LogP) is 3.78. The summed E-state index contributed by atoms with van der Waals surface area (Å²) in [6.07, 6.45) is 1.66. The minimum atomic E-state index is 0.311. The molecule has 82 valence electrons. The van der Waals surface area contributed by atoms with Gasteiger partial charge in [0.25, 0.3) is 0 Å². The van der Waals surface area contributed by atoms with Crippen LogP contribution in [0.1, 0.15) is 40.2 Å². The van der Waals surface area contributed by atoms with Crippen molar-refractivity contribution >= 4 is 5.78 Å². The molecule has 2 aromatic rings. The highest BCUT2D eigenvalue weighted by atomic mass is 16.1. The highest BCUT2D eigenvalue weighted by Gasteiger charge is 2.35. The average molecular weight is 220 g/mol. The first-order valence-electron chi connectivity index (χ1n) is 6.11. The Morgan fingerprint density at radius 3 is 2.59 bits per heavy atom. The Hall–Kier alpha value is -1.89. The molecule has 2 aliphatic carbocycles. The zero-order chi connectivity index (χ0) is 11.4. The summed E-state index contributed by atoms with van der Waals surface area (Å²) in [4.78, 5) is 12.0. The van der Waals surface area contributed by atoms with Crippen LogP contribution in [0.15, 0.2) is 42.5 Å². The third kappa shape index (κ3) is 1.06. The number of carbonyl (C=O) groups excluding carboxylic acids is 1. The molecular formula is C16H12O. The fraction of sp³-hybridized carbons (Fsp3) is 0.188. The van der Waals surface area contributed by atoms with Crippen LogP contribution in [-0.4, -0.2) is 5.78 Å². The first-order valence-corrected chi connectivity index (χ1v) is 6.11. The second kappa shape index (κ2) is 3.07. The van der Waals surface area contributed by atoms with E-state index in [4.69, 9.17) is 0 Å². The van der Waals surface area contributed by atoms with E-state index < -0.39 is 0 Å². The zero-order valence-electron chi connectivity index (χ0n) is 9.44. The molecular weight excluding hydrogens is 208 g/mol. The van der Waals surface area contributed by atoms with E-state index in [2.05, 4.69) is 30.3 Å². The molecule has 0 radical (unpaired) electrons. The van der Waals surface area contributed by atoms with E-state index in [1.807, 2.05) is 12.1 Å². The number of hydrogen-bond donors (Lipinski definition) is 0. The molecule has 0 amide bonds. The molecule has 0 bridgehead atoms. The van der Waals surface area contributed by atoms with E-state index in [1.54, 1.807) is 0 Å². The van der Waals surface area contributed by atoms with Crippen molar-refractivity contribution in [2.24, 2.45) is 0 Å². The number of Topliss-reactive ketones (excluding diaryl/α,β-unsaturated/α-hetero) is 1. The van der Waals surface area contributed by atoms with Gasteiger partial charge in [-0.15, -0.1) is 0 Å². The lowest BCUT2D eigenvalue weighted by Crippen LogP contribution is -2.14. The van der Waals surface area contributed by atoms with E-state index in [-0.39, 0.29) is 0 Å². The van der Waals surface area contributed by atoms with E-state index in [0.29, 0.717) is 18.1 Å². The number of fused-ring (bicyclic) bond motifs is 3. The summed E-state index contributed by atoms with van der Waals surface area (Å²) < 4.78 is 0. The van der Waals surface area contributed by atoms with Crippen molar-refractivity contribution in [2.45, 2.75) is 18.8 Å². The fourth-order valence-electron chi connectivity index (χ4n) is 3.33. The normalized spacial score (nSPS) is 20.0. The Labute approximate surface area is 100 Å². The van der Waals surface area contributed by atoms with E-state index in [1.165, 1.54) is 22.3 Å². The molecule has 2 aromatic carbocycles. The molecule has 0 unspecified atom stereocenters. The smallest absolute Gasteiger partial charge is 0.163 e. The summed E-state index contributed by atoms with van der Waals surface area (Å²) in [6.45, 7) is 0. The molecule has 17 heavy (non-hydrogen) atoms. The molecule has 0 saturated heterocycles. The lowest BCUT2D eigenvalue weighted by Gasteiger charge is -2.21. The van der Waals surface area contributed by atoms with Crippen LogP contribution in [-0.2, 0) is 0 Å². The lowest BCUT2D eigenvalue weighted by atomic mass is 9.81. The Kier molecular flexibility index (Phi) is 1.66.